The van der Waals surface area contributed by atoms with Crippen LogP contribution in [0.5, 0.6) is 5.75 Å². The minimum Gasteiger partial charge on any atom is -0.487 e. The van der Waals surface area contributed by atoms with E-state index in [0.717, 1.165) is 5.56 Å². The average Bonchev–Trinajstić information content (AvgIpc) is 3.73. The van der Waals surface area contributed by atoms with Crippen LogP contribution in [0, 0.1) is 0 Å². The first kappa shape index (κ1) is 44.3. The van der Waals surface area contributed by atoms with E-state index >= 15 is 0 Å². The van der Waals surface area contributed by atoms with Crippen molar-refractivity contribution in [1.82, 2.24) is 30.5 Å². The number of imide groups is 1. The zero-order chi connectivity index (χ0) is 41.0. The molecule has 0 fully saturated rings. The van der Waals surface area contributed by atoms with Crippen LogP contribution in [-0.4, -0.2) is 132 Å². The number of carbonyl (C=O) groups excluding carboxylic acids is 4. The number of fused-ring (bicyclic) bond motifs is 1. The van der Waals surface area contributed by atoms with Gasteiger partial charge in [0.25, 0.3) is 11.8 Å². The number of alkyl carbamates (subject to hydrolysis) is 1. The van der Waals surface area contributed by atoms with Crippen LogP contribution in [-0.2, 0) is 52.8 Å². The molecule has 18 heteroatoms. The second-order valence-electron chi connectivity index (χ2n) is 13.8. The van der Waals surface area contributed by atoms with Gasteiger partial charge in [-0.1, -0.05) is 29.5 Å². The molecule has 0 unspecified atom stereocenters. The minimum atomic E-state index is -1.12. The fourth-order valence-electron chi connectivity index (χ4n) is 5.37. The SMILES string of the molecule is CC(C)(C)OC(=O)NCCn1cc(COc2ccc(CC[C@H](NC(=O)CCOCCOCCOCCOCCN3C(=O)c4ccccc4C3=O)C(=O)O)cc2)nn1. The average molecular weight is 797 g/mol. The summed E-state index contributed by atoms with van der Waals surface area (Å²) in [6.45, 7) is 8.63. The third kappa shape index (κ3) is 15.9. The number of aryl methyl sites for hydroxylation is 1. The zero-order valence-electron chi connectivity index (χ0n) is 32.6. The van der Waals surface area contributed by atoms with E-state index in [9.17, 15) is 29.1 Å². The van der Waals surface area contributed by atoms with Crippen molar-refractivity contribution in [1.29, 1.82) is 0 Å². The highest BCUT2D eigenvalue weighted by molar-refractivity contribution is 6.21. The van der Waals surface area contributed by atoms with Gasteiger partial charge in [-0.2, -0.15) is 0 Å². The maximum Gasteiger partial charge on any atom is 0.407 e. The summed E-state index contributed by atoms with van der Waals surface area (Å²) >= 11 is 0. The number of hydrogen-bond donors (Lipinski definition) is 3. The number of rotatable bonds is 26. The van der Waals surface area contributed by atoms with Crippen molar-refractivity contribution in [3.8, 4) is 5.75 Å². The molecule has 0 saturated carbocycles. The Balaban J connectivity index is 0.972. The van der Waals surface area contributed by atoms with Gasteiger partial charge in [-0.15, -0.1) is 5.10 Å². The number of benzene rings is 2. The van der Waals surface area contributed by atoms with Gasteiger partial charge in [-0.3, -0.25) is 24.0 Å². The number of aromatic nitrogens is 3. The van der Waals surface area contributed by atoms with Crippen LogP contribution >= 0.6 is 0 Å². The molecule has 57 heavy (non-hydrogen) atoms. The summed E-state index contributed by atoms with van der Waals surface area (Å²) in [5.41, 5.74) is 1.73. The largest absolute Gasteiger partial charge is 0.487 e. The molecule has 4 rings (SSSR count). The number of ether oxygens (including phenoxy) is 6. The molecule has 1 aliphatic heterocycles. The van der Waals surface area contributed by atoms with Crippen molar-refractivity contribution in [2.45, 2.75) is 64.8 Å². The Kier molecular flexibility index (Phi) is 17.8. The molecule has 0 spiro atoms. The Labute approximate surface area is 331 Å². The molecule has 3 aromatic rings. The van der Waals surface area contributed by atoms with E-state index in [4.69, 9.17) is 28.4 Å². The van der Waals surface area contributed by atoms with Crippen LogP contribution in [0.2, 0.25) is 0 Å². The summed E-state index contributed by atoms with van der Waals surface area (Å²) in [6, 6.07) is 12.9. The summed E-state index contributed by atoms with van der Waals surface area (Å²) in [5, 5.41) is 23.0. The quantitative estimate of drug-likeness (QED) is 0.0786. The molecule has 3 N–H and O–H groups in total. The predicted octanol–water partition coefficient (Wildman–Crippen LogP) is 2.64. The maximum absolute atomic E-state index is 12.4. The molecule has 1 atom stereocenters. The highest BCUT2D eigenvalue weighted by atomic mass is 16.6. The van der Waals surface area contributed by atoms with Crippen molar-refractivity contribution < 1.29 is 57.5 Å². The van der Waals surface area contributed by atoms with E-state index in [1.807, 2.05) is 12.1 Å². The predicted molar refractivity (Wildman–Crippen MR) is 203 cm³/mol. The number of carbonyl (C=O) groups is 5. The highest BCUT2D eigenvalue weighted by Crippen LogP contribution is 2.22. The van der Waals surface area contributed by atoms with Crippen LogP contribution in [0.3, 0.4) is 0 Å². The van der Waals surface area contributed by atoms with E-state index in [1.54, 1.807) is 68.0 Å². The fraction of sp³-hybridized carbons (Fsp3) is 0.513. The summed E-state index contributed by atoms with van der Waals surface area (Å²) in [7, 11) is 0. The first-order valence-corrected chi connectivity index (χ1v) is 18.8. The Morgan fingerprint density at radius 3 is 2.00 bits per heavy atom. The highest BCUT2D eigenvalue weighted by Gasteiger charge is 2.34. The number of aliphatic carboxylic acids is 1. The van der Waals surface area contributed by atoms with E-state index in [1.165, 1.54) is 4.90 Å². The topological polar surface area (TPSA) is 219 Å². The molecule has 0 radical (unpaired) electrons. The fourth-order valence-corrected chi connectivity index (χ4v) is 5.37. The third-order valence-corrected chi connectivity index (χ3v) is 8.19. The van der Waals surface area contributed by atoms with Gasteiger partial charge in [0, 0.05) is 13.0 Å². The molecule has 1 aliphatic rings. The van der Waals surface area contributed by atoms with Gasteiger partial charge < -0.3 is 44.2 Å². The maximum atomic E-state index is 12.4. The number of hydrogen-bond acceptors (Lipinski definition) is 13. The van der Waals surface area contributed by atoms with Gasteiger partial charge in [0.15, 0.2) is 0 Å². The Bertz CT molecular complexity index is 1730. The smallest absolute Gasteiger partial charge is 0.407 e. The summed E-state index contributed by atoms with van der Waals surface area (Å²) in [6.07, 6.45) is 1.85. The number of carboxylic acids is 1. The van der Waals surface area contributed by atoms with E-state index in [-0.39, 0.29) is 57.6 Å². The van der Waals surface area contributed by atoms with Crippen LogP contribution in [0.1, 0.15) is 65.6 Å². The molecule has 2 heterocycles. The summed E-state index contributed by atoms with van der Waals surface area (Å²) in [5.74, 6) is -1.58. The molecule has 0 aliphatic carbocycles. The normalized spacial score (nSPS) is 13.0. The molecule has 1 aromatic heterocycles. The molecular formula is C39H52N6O12. The van der Waals surface area contributed by atoms with Crippen molar-refractivity contribution in [3.63, 3.8) is 0 Å². The van der Waals surface area contributed by atoms with Crippen molar-refractivity contribution in [2.24, 2.45) is 0 Å². The van der Waals surface area contributed by atoms with Gasteiger partial charge in [0.2, 0.25) is 5.91 Å². The molecule has 0 bridgehead atoms. The van der Waals surface area contributed by atoms with Gasteiger partial charge >= 0.3 is 12.1 Å². The number of nitrogens with zero attached hydrogens (tertiary/aromatic N) is 4. The number of amides is 4. The lowest BCUT2D eigenvalue weighted by Gasteiger charge is -2.19. The molecular weight excluding hydrogens is 744 g/mol. The van der Waals surface area contributed by atoms with Gasteiger partial charge in [-0.25, -0.2) is 9.59 Å². The third-order valence-electron chi connectivity index (χ3n) is 8.19. The molecule has 4 amide bonds. The second-order valence-corrected chi connectivity index (χ2v) is 13.8. The van der Waals surface area contributed by atoms with E-state index in [0.29, 0.717) is 75.1 Å². The van der Waals surface area contributed by atoms with E-state index in [2.05, 4.69) is 20.9 Å². The van der Waals surface area contributed by atoms with Crippen molar-refractivity contribution >= 4 is 29.8 Å². The summed E-state index contributed by atoms with van der Waals surface area (Å²) in [4.78, 5) is 61.8. The van der Waals surface area contributed by atoms with Crippen LogP contribution in [0.25, 0.3) is 0 Å². The van der Waals surface area contributed by atoms with Crippen molar-refractivity contribution in [2.75, 3.05) is 65.9 Å². The monoisotopic (exact) mass is 796 g/mol. The van der Waals surface area contributed by atoms with Gasteiger partial charge in [0.1, 0.15) is 29.7 Å². The molecule has 0 saturated heterocycles. The first-order chi connectivity index (χ1) is 27.4. The van der Waals surface area contributed by atoms with Crippen molar-refractivity contribution in [3.05, 3.63) is 77.1 Å². The van der Waals surface area contributed by atoms with E-state index < -0.39 is 29.6 Å². The second kappa shape index (κ2) is 23.0. The van der Waals surface area contributed by atoms with Gasteiger partial charge in [-0.05, 0) is 63.4 Å². The lowest BCUT2D eigenvalue weighted by molar-refractivity contribution is -0.142. The number of carboxylic acid groups (broad SMARTS) is 1. The Morgan fingerprint density at radius 2 is 1.40 bits per heavy atom. The standard InChI is InChI=1S/C39H52N6O12/c1-39(2,3)57-38(51)40-15-16-44-26-29(42-43-44)27-56-30-11-8-28(9-12-30)10-13-33(37(49)50)41-34(46)14-18-52-20-22-54-24-25-55-23-21-53-19-17-45-35(47)31-6-4-5-7-32(31)36(45)48/h4-9,11-12,26,33H,10,13-25,27H2,1-3H3,(H,40,51)(H,41,46)(H,49,50)/t33-/m0/s1. The van der Waals surface area contributed by atoms with Crippen LogP contribution < -0.4 is 15.4 Å². The lowest BCUT2D eigenvalue weighted by atomic mass is 10.0. The van der Waals surface area contributed by atoms with Crippen LogP contribution in [0.4, 0.5) is 4.79 Å². The van der Waals surface area contributed by atoms with Gasteiger partial charge in [0.05, 0.1) is 83.3 Å². The lowest BCUT2D eigenvalue weighted by Crippen LogP contribution is -2.41. The minimum absolute atomic E-state index is 0.00265. The molecule has 18 nitrogen and oxygen atoms in total. The number of nitrogens with one attached hydrogen (secondary N) is 2. The first-order valence-electron chi connectivity index (χ1n) is 18.8. The zero-order valence-corrected chi connectivity index (χ0v) is 32.6. The molecule has 310 valence electrons. The Hall–Kier alpha value is -5.43. The Morgan fingerprint density at radius 1 is 0.807 bits per heavy atom. The summed E-state index contributed by atoms with van der Waals surface area (Å²) < 4.78 is 34.4. The van der Waals surface area contributed by atoms with Crippen LogP contribution in [0.15, 0.2) is 54.7 Å². The molecule has 2 aromatic carbocycles.